The van der Waals surface area contributed by atoms with Gasteiger partial charge in [0.15, 0.2) is 5.69 Å². The van der Waals surface area contributed by atoms with Crippen molar-refractivity contribution in [2.24, 2.45) is 5.92 Å². The molecule has 1 atom stereocenters. The highest BCUT2D eigenvalue weighted by Crippen LogP contribution is 2.20. The molecule has 1 unspecified atom stereocenters. The van der Waals surface area contributed by atoms with Crippen molar-refractivity contribution in [3.05, 3.63) is 17.5 Å². The highest BCUT2D eigenvalue weighted by Gasteiger charge is 2.27. The van der Waals surface area contributed by atoms with Crippen LogP contribution in [-0.2, 0) is 0 Å². The first kappa shape index (κ1) is 11.1. The maximum atomic E-state index is 12.0. The van der Waals surface area contributed by atoms with E-state index in [1.54, 1.807) is 17.9 Å². The van der Waals surface area contributed by atoms with E-state index in [1.165, 1.54) is 0 Å². The average molecular weight is 224 g/mol. The highest BCUT2D eigenvalue weighted by atomic mass is 16.5. The number of rotatable bonds is 3. The van der Waals surface area contributed by atoms with Gasteiger partial charge >= 0.3 is 0 Å². The van der Waals surface area contributed by atoms with Crippen molar-refractivity contribution in [3.63, 3.8) is 0 Å². The van der Waals surface area contributed by atoms with Crippen LogP contribution in [0.2, 0.25) is 0 Å². The lowest BCUT2D eigenvalue weighted by atomic mass is 10.1. The normalized spacial score (nSPS) is 20.4. The van der Waals surface area contributed by atoms with E-state index in [4.69, 9.17) is 9.63 Å². The minimum atomic E-state index is -0.0720. The van der Waals surface area contributed by atoms with E-state index in [0.717, 1.165) is 19.4 Å². The Morgan fingerprint density at radius 1 is 1.75 bits per heavy atom. The van der Waals surface area contributed by atoms with Gasteiger partial charge in [0.25, 0.3) is 5.91 Å². The molecule has 0 spiro atoms. The van der Waals surface area contributed by atoms with Gasteiger partial charge in [0, 0.05) is 25.8 Å². The molecule has 0 radical (unpaired) electrons. The molecular formula is C11H16N2O3. The van der Waals surface area contributed by atoms with Crippen LogP contribution in [0.25, 0.3) is 0 Å². The van der Waals surface area contributed by atoms with Gasteiger partial charge in [-0.1, -0.05) is 5.16 Å². The topological polar surface area (TPSA) is 66.6 Å². The van der Waals surface area contributed by atoms with Gasteiger partial charge in [0.05, 0.1) is 0 Å². The molecule has 16 heavy (non-hydrogen) atoms. The first-order valence-electron chi connectivity index (χ1n) is 5.54. The van der Waals surface area contributed by atoms with Gasteiger partial charge in [-0.3, -0.25) is 4.79 Å². The molecule has 0 bridgehead atoms. The molecule has 5 nitrogen and oxygen atoms in total. The third-order valence-corrected chi connectivity index (χ3v) is 2.96. The Balaban J connectivity index is 1.97. The number of hydrogen-bond acceptors (Lipinski definition) is 4. The second-order valence-electron chi connectivity index (χ2n) is 4.24. The van der Waals surface area contributed by atoms with Crippen LogP contribution < -0.4 is 0 Å². The number of aromatic nitrogens is 1. The van der Waals surface area contributed by atoms with Crippen LogP contribution in [-0.4, -0.2) is 40.8 Å². The second kappa shape index (κ2) is 4.65. The van der Waals surface area contributed by atoms with E-state index in [9.17, 15) is 4.79 Å². The average Bonchev–Trinajstić information content (AvgIpc) is 2.87. The summed E-state index contributed by atoms with van der Waals surface area (Å²) in [5.74, 6) is 0.994. The van der Waals surface area contributed by atoms with Gasteiger partial charge in [-0.15, -0.1) is 0 Å². The SMILES string of the molecule is Cc1cc(C(=O)N2CCC(CCO)C2)no1. The number of carbonyl (C=O) groups excluding carboxylic acids is 1. The Labute approximate surface area is 94.0 Å². The molecule has 1 saturated heterocycles. The molecule has 0 saturated carbocycles. The molecule has 2 heterocycles. The zero-order chi connectivity index (χ0) is 11.5. The summed E-state index contributed by atoms with van der Waals surface area (Å²) >= 11 is 0. The van der Waals surface area contributed by atoms with E-state index in [2.05, 4.69) is 5.16 Å². The third-order valence-electron chi connectivity index (χ3n) is 2.96. The van der Waals surface area contributed by atoms with Crippen molar-refractivity contribution >= 4 is 5.91 Å². The number of aliphatic hydroxyl groups excluding tert-OH is 1. The van der Waals surface area contributed by atoms with Crippen LogP contribution in [0.3, 0.4) is 0 Å². The van der Waals surface area contributed by atoms with Crippen LogP contribution in [0.5, 0.6) is 0 Å². The molecule has 1 aliphatic heterocycles. The van der Waals surface area contributed by atoms with E-state index in [-0.39, 0.29) is 12.5 Å². The summed E-state index contributed by atoms with van der Waals surface area (Å²) in [6, 6.07) is 1.65. The van der Waals surface area contributed by atoms with Gasteiger partial charge in [-0.05, 0) is 25.7 Å². The van der Waals surface area contributed by atoms with Gasteiger partial charge in [-0.25, -0.2) is 0 Å². The number of likely N-dealkylation sites (tertiary alicyclic amines) is 1. The Hall–Kier alpha value is -1.36. The number of aliphatic hydroxyl groups is 1. The Morgan fingerprint density at radius 3 is 3.19 bits per heavy atom. The number of carbonyl (C=O) groups is 1. The molecule has 1 fully saturated rings. The Morgan fingerprint density at radius 2 is 2.56 bits per heavy atom. The molecule has 1 aromatic rings. The number of hydrogen-bond donors (Lipinski definition) is 1. The fourth-order valence-electron chi connectivity index (χ4n) is 2.06. The lowest BCUT2D eigenvalue weighted by molar-refractivity contribution is 0.0774. The quantitative estimate of drug-likeness (QED) is 0.825. The molecule has 1 N–H and O–H groups in total. The summed E-state index contributed by atoms with van der Waals surface area (Å²) in [7, 11) is 0. The maximum absolute atomic E-state index is 12.0. The van der Waals surface area contributed by atoms with E-state index >= 15 is 0 Å². The van der Waals surface area contributed by atoms with E-state index in [1.807, 2.05) is 0 Å². The molecule has 5 heteroatoms. The monoisotopic (exact) mass is 224 g/mol. The fourth-order valence-corrected chi connectivity index (χ4v) is 2.06. The summed E-state index contributed by atoms with van der Waals surface area (Å²) < 4.78 is 4.88. The minimum Gasteiger partial charge on any atom is -0.396 e. The van der Waals surface area contributed by atoms with Crippen molar-refractivity contribution in [1.29, 1.82) is 0 Å². The van der Waals surface area contributed by atoms with Crippen molar-refractivity contribution < 1.29 is 14.4 Å². The Kier molecular flexibility index (Phi) is 3.24. The van der Waals surface area contributed by atoms with Gasteiger partial charge in [0.1, 0.15) is 5.76 Å². The predicted octanol–water partition coefficient (Wildman–Crippen LogP) is 0.828. The lowest BCUT2D eigenvalue weighted by Gasteiger charge is -2.14. The second-order valence-corrected chi connectivity index (χ2v) is 4.24. The van der Waals surface area contributed by atoms with Gasteiger partial charge in [-0.2, -0.15) is 0 Å². The molecule has 88 valence electrons. The van der Waals surface area contributed by atoms with Gasteiger partial charge in [0.2, 0.25) is 0 Å². The number of amides is 1. The first-order valence-corrected chi connectivity index (χ1v) is 5.54. The fraction of sp³-hybridized carbons (Fsp3) is 0.636. The van der Waals surface area contributed by atoms with Gasteiger partial charge < -0.3 is 14.5 Å². The Bertz CT molecular complexity index is 375. The standard InChI is InChI=1S/C11H16N2O3/c1-8-6-10(12-16-8)11(15)13-4-2-9(7-13)3-5-14/h6,9,14H,2-5,7H2,1H3. The van der Waals surface area contributed by atoms with Crippen LogP contribution in [0.1, 0.15) is 29.1 Å². The minimum absolute atomic E-state index is 0.0720. The maximum Gasteiger partial charge on any atom is 0.276 e. The molecule has 2 rings (SSSR count). The summed E-state index contributed by atoms with van der Waals surface area (Å²) in [6.07, 6.45) is 1.73. The zero-order valence-corrected chi connectivity index (χ0v) is 9.35. The number of aryl methyl sites for hydroxylation is 1. The zero-order valence-electron chi connectivity index (χ0n) is 9.35. The van der Waals surface area contributed by atoms with Crippen molar-refractivity contribution in [3.8, 4) is 0 Å². The van der Waals surface area contributed by atoms with Crippen molar-refractivity contribution in [1.82, 2.24) is 10.1 Å². The predicted molar refractivity (Wildman–Crippen MR) is 57.0 cm³/mol. The van der Waals surface area contributed by atoms with Crippen LogP contribution in [0.15, 0.2) is 10.6 Å². The summed E-state index contributed by atoms with van der Waals surface area (Å²) in [5.41, 5.74) is 0.377. The van der Waals surface area contributed by atoms with Crippen LogP contribution >= 0.6 is 0 Å². The largest absolute Gasteiger partial charge is 0.396 e. The van der Waals surface area contributed by atoms with Crippen LogP contribution in [0.4, 0.5) is 0 Å². The number of nitrogens with zero attached hydrogens (tertiary/aromatic N) is 2. The molecule has 0 aromatic carbocycles. The molecular weight excluding hydrogens is 208 g/mol. The smallest absolute Gasteiger partial charge is 0.276 e. The molecule has 0 aliphatic carbocycles. The lowest BCUT2D eigenvalue weighted by Crippen LogP contribution is -2.29. The highest BCUT2D eigenvalue weighted by molar-refractivity contribution is 5.92. The molecule has 1 aliphatic rings. The first-order chi connectivity index (χ1) is 7.70. The van der Waals surface area contributed by atoms with Crippen LogP contribution in [0, 0.1) is 12.8 Å². The van der Waals surface area contributed by atoms with Crippen molar-refractivity contribution in [2.45, 2.75) is 19.8 Å². The summed E-state index contributed by atoms with van der Waals surface area (Å²) in [6.45, 7) is 3.42. The van der Waals surface area contributed by atoms with E-state index < -0.39 is 0 Å². The molecule has 1 amide bonds. The van der Waals surface area contributed by atoms with E-state index in [0.29, 0.717) is 23.9 Å². The van der Waals surface area contributed by atoms with Crippen molar-refractivity contribution in [2.75, 3.05) is 19.7 Å². The summed E-state index contributed by atoms with van der Waals surface area (Å²) in [4.78, 5) is 13.7. The molecule has 1 aromatic heterocycles. The third kappa shape index (κ3) is 2.24. The summed E-state index contributed by atoms with van der Waals surface area (Å²) in [5, 5.41) is 12.6.